The van der Waals surface area contributed by atoms with E-state index in [9.17, 15) is 0 Å². The van der Waals surface area contributed by atoms with Crippen molar-refractivity contribution in [2.75, 3.05) is 0 Å². The van der Waals surface area contributed by atoms with Crippen LogP contribution >= 0.6 is 0 Å². The van der Waals surface area contributed by atoms with Gasteiger partial charge in [-0.25, -0.2) is 0 Å². The van der Waals surface area contributed by atoms with Crippen LogP contribution in [0.25, 0.3) is 59.9 Å². The van der Waals surface area contributed by atoms with Crippen molar-refractivity contribution in [1.29, 1.82) is 0 Å². The third kappa shape index (κ3) is 1.93. The molecule has 1 atom stereocenters. The summed E-state index contributed by atoms with van der Waals surface area (Å²) in [5.74, 6) is 0.355. The summed E-state index contributed by atoms with van der Waals surface area (Å²) in [4.78, 5) is 0. The molecule has 156 valence electrons. The Kier molecular flexibility index (Phi) is 2.98. The van der Waals surface area contributed by atoms with Crippen molar-refractivity contribution in [2.24, 2.45) is 0 Å². The third-order valence-electron chi connectivity index (χ3n) is 8.48. The van der Waals surface area contributed by atoms with Crippen molar-refractivity contribution in [3.8, 4) is 0 Å². The number of allylic oxidation sites excluding steroid dienone is 1. The average Bonchev–Trinajstić information content (AvgIpc) is 2.90. The fraction of sp³-hybridized carbons (Fsp3) is 0.0588. The molecule has 2 aliphatic rings. The molecular formula is C34H20. The first-order valence-electron chi connectivity index (χ1n) is 12.2. The normalized spacial score (nSPS) is 16.3. The Morgan fingerprint density at radius 3 is 2.26 bits per heavy atom. The Morgan fingerprint density at radius 2 is 1.29 bits per heavy atom. The Labute approximate surface area is 197 Å². The van der Waals surface area contributed by atoms with Crippen LogP contribution in [0.2, 0.25) is 0 Å². The van der Waals surface area contributed by atoms with Crippen LogP contribution in [-0.2, 0) is 6.42 Å². The summed E-state index contributed by atoms with van der Waals surface area (Å²) >= 11 is 0. The van der Waals surface area contributed by atoms with Crippen molar-refractivity contribution >= 4 is 59.9 Å². The second kappa shape index (κ2) is 5.85. The van der Waals surface area contributed by atoms with Gasteiger partial charge in [-0.3, -0.25) is 0 Å². The molecule has 0 saturated carbocycles. The molecule has 7 aromatic carbocycles. The van der Waals surface area contributed by atoms with E-state index < -0.39 is 0 Å². The highest BCUT2D eigenvalue weighted by molar-refractivity contribution is 6.34. The molecule has 0 spiro atoms. The highest BCUT2D eigenvalue weighted by Crippen LogP contribution is 2.50. The van der Waals surface area contributed by atoms with E-state index >= 15 is 0 Å². The lowest BCUT2D eigenvalue weighted by Gasteiger charge is -2.32. The van der Waals surface area contributed by atoms with Crippen molar-refractivity contribution in [2.45, 2.75) is 12.3 Å². The van der Waals surface area contributed by atoms with E-state index in [1.54, 1.807) is 0 Å². The zero-order chi connectivity index (χ0) is 22.0. The molecule has 0 heteroatoms. The minimum atomic E-state index is 0.355. The number of rotatable bonds is 0. The highest BCUT2D eigenvalue weighted by Gasteiger charge is 2.30. The molecule has 0 bridgehead atoms. The lowest BCUT2D eigenvalue weighted by atomic mass is 9.71. The molecule has 0 fully saturated rings. The van der Waals surface area contributed by atoms with Crippen LogP contribution in [0, 0.1) is 0 Å². The first kappa shape index (κ1) is 17.3. The van der Waals surface area contributed by atoms with Gasteiger partial charge in [0.15, 0.2) is 0 Å². The number of hydrogen-bond acceptors (Lipinski definition) is 0. The monoisotopic (exact) mass is 428 g/mol. The summed E-state index contributed by atoms with van der Waals surface area (Å²) in [6, 6.07) is 34.4. The summed E-state index contributed by atoms with van der Waals surface area (Å²) in [5.41, 5.74) is 7.36. The van der Waals surface area contributed by atoms with Gasteiger partial charge >= 0.3 is 0 Å². The Hall–Kier alpha value is -4.16. The second-order valence-electron chi connectivity index (χ2n) is 10.0. The molecule has 9 rings (SSSR count). The van der Waals surface area contributed by atoms with E-state index in [0.717, 1.165) is 6.42 Å². The number of benzene rings is 7. The average molecular weight is 429 g/mol. The summed E-state index contributed by atoms with van der Waals surface area (Å²) < 4.78 is 0. The van der Waals surface area contributed by atoms with Crippen LogP contribution in [0.1, 0.15) is 33.7 Å². The van der Waals surface area contributed by atoms with Gasteiger partial charge in [0.1, 0.15) is 0 Å². The van der Waals surface area contributed by atoms with Gasteiger partial charge in [-0.2, -0.15) is 0 Å². The lowest BCUT2D eigenvalue weighted by Crippen LogP contribution is -2.15. The fourth-order valence-corrected chi connectivity index (χ4v) is 7.10. The van der Waals surface area contributed by atoms with Crippen LogP contribution in [-0.4, -0.2) is 0 Å². The summed E-state index contributed by atoms with van der Waals surface area (Å²) in [6.45, 7) is 0. The van der Waals surface area contributed by atoms with E-state index in [1.165, 1.54) is 81.7 Å². The van der Waals surface area contributed by atoms with Crippen LogP contribution in [0.4, 0.5) is 0 Å². The fourth-order valence-electron chi connectivity index (χ4n) is 7.10. The molecule has 0 amide bonds. The molecule has 7 aromatic rings. The third-order valence-corrected chi connectivity index (χ3v) is 8.48. The molecule has 0 heterocycles. The molecular weight excluding hydrogens is 408 g/mol. The summed E-state index contributed by atoms with van der Waals surface area (Å²) in [5, 5.41) is 13.8. The van der Waals surface area contributed by atoms with Gasteiger partial charge in [0.2, 0.25) is 0 Å². The Morgan fingerprint density at radius 1 is 0.529 bits per heavy atom. The van der Waals surface area contributed by atoms with E-state index in [4.69, 9.17) is 0 Å². The van der Waals surface area contributed by atoms with Crippen molar-refractivity contribution in [3.05, 3.63) is 125 Å². The van der Waals surface area contributed by atoms with E-state index in [0.29, 0.717) is 5.92 Å². The predicted molar refractivity (Wildman–Crippen MR) is 145 cm³/mol. The zero-order valence-electron chi connectivity index (χ0n) is 18.6. The maximum absolute atomic E-state index is 2.45. The minimum absolute atomic E-state index is 0.355. The SMILES string of the molecule is C1=C[C@H]2c3ccccc3Cc3ccc4c(c32)c1c1ccc2cc3ccccc3c3ccc4c1c23. The van der Waals surface area contributed by atoms with Gasteiger partial charge in [0.25, 0.3) is 0 Å². The largest absolute Gasteiger partial charge is 0.0720 e. The van der Waals surface area contributed by atoms with Crippen LogP contribution < -0.4 is 0 Å². The van der Waals surface area contributed by atoms with Gasteiger partial charge in [0, 0.05) is 5.92 Å². The first-order valence-corrected chi connectivity index (χ1v) is 12.2. The highest BCUT2D eigenvalue weighted by atomic mass is 14.3. The van der Waals surface area contributed by atoms with Crippen molar-refractivity contribution in [1.82, 2.24) is 0 Å². The Balaban J connectivity index is 1.50. The van der Waals surface area contributed by atoms with Gasteiger partial charge in [-0.05, 0) is 94.2 Å². The van der Waals surface area contributed by atoms with Crippen LogP contribution in [0.15, 0.2) is 97.1 Å². The van der Waals surface area contributed by atoms with Gasteiger partial charge in [-0.1, -0.05) is 97.1 Å². The number of fused-ring (bicyclic) bond motifs is 6. The van der Waals surface area contributed by atoms with Crippen LogP contribution in [0.3, 0.4) is 0 Å². The molecule has 2 aliphatic carbocycles. The maximum Gasteiger partial charge on any atom is 0.0284 e. The van der Waals surface area contributed by atoms with E-state index in [-0.39, 0.29) is 0 Å². The second-order valence-corrected chi connectivity index (χ2v) is 10.0. The number of hydrogen-bond donors (Lipinski definition) is 0. The lowest BCUT2D eigenvalue weighted by molar-refractivity contribution is 0.924. The molecule has 0 aromatic heterocycles. The maximum atomic E-state index is 2.45. The quantitative estimate of drug-likeness (QED) is 0.167. The topological polar surface area (TPSA) is 0 Å². The van der Waals surface area contributed by atoms with Crippen LogP contribution in [0.5, 0.6) is 0 Å². The van der Waals surface area contributed by atoms with Gasteiger partial charge in [-0.15, -0.1) is 0 Å². The minimum Gasteiger partial charge on any atom is -0.0720 e. The Bertz CT molecular complexity index is 2040. The van der Waals surface area contributed by atoms with E-state index in [2.05, 4.69) is 103 Å². The summed E-state index contributed by atoms with van der Waals surface area (Å²) in [6.07, 6.45) is 5.89. The molecule has 34 heavy (non-hydrogen) atoms. The molecule has 0 aliphatic heterocycles. The molecule has 0 unspecified atom stereocenters. The molecule has 0 radical (unpaired) electrons. The smallest absolute Gasteiger partial charge is 0.0284 e. The first-order chi connectivity index (χ1) is 16.9. The zero-order valence-corrected chi connectivity index (χ0v) is 18.6. The van der Waals surface area contributed by atoms with Gasteiger partial charge in [0.05, 0.1) is 0 Å². The predicted octanol–water partition coefficient (Wildman–Crippen LogP) is 8.95. The molecule has 0 nitrogen and oxygen atoms in total. The van der Waals surface area contributed by atoms with Crippen molar-refractivity contribution in [3.63, 3.8) is 0 Å². The molecule has 0 N–H and O–H groups in total. The standard InChI is InChI=1S/C34H20/c1-3-7-23-19(5-1)17-21-9-11-27-30-16-14-26-24-8-4-2-6-20(24)18-22-10-12-28(34(30)32(22)26)29-15-13-25(23)31(21)33(27)29/h1-17,26H,18H2/t26-/m0/s1. The summed E-state index contributed by atoms with van der Waals surface area (Å²) in [7, 11) is 0. The van der Waals surface area contributed by atoms with E-state index in [1.807, 2.05) is 0 Å². The van der Waals surface area contributed by atoms with Gasteiger partial charge < -0.3 is 0 Å². The molecule has 0 saturated heterocycles. The van der Waals surface area contributed by atoms with Crippen molar-refractivity contribution < 1.29 is 0 Å².